The summed E-state index contributed by atoms with van der Waals surface area (Å²) in [6, 6.07) is 9.07. The maximum atomic E-state index is 13.7. The van der Waals surface area contributed by atoms with E-state index in [1.165, 1.54) is 0 Å². The first-order valence-corrected chi connectivity index (χ1v) is 9.23. The molecule has 2 rings (SSSR count). The number of halogens is 3. The van der Waals surface area contributed by atoms with Crippen LogP contribution in [0.2, 0.25) is 0 Å². The molecule has 2 aromatic rings. The van der Waals surface area contributed by atoms with E-state index in [4.69, 9.17) is 4.74 Å². The summed E-state index contributed by atoms with van der Waals surface area (Å²) in [6.07, 6.45) is 1.64. The van der Waals surface area contributed by atoms with Gasteiger partial charge in [-0.05, 0) is 25.1 Å². The van der Waals surface area contributed by atoms with Gasteiger partial charge in [-0.25, -0.2) is 18.2 Å². The number of amides is 1. The first-order valence-electron chi connectivity index (χ1n) is 9.23. The van der Waals surface area contributed by atoms with Gasteiger partial charge in [0.15, 0.2) is 23.4 Å². The van der Waals surface area contributed by atoms with Crippen molar-refractivity contribution >= 4 is 17.6 Å². The number of anilines is 1. The Morgan fingerprint density at radius 2 is 1.90 bits per heavy atom. The average Bonchev–Trinajstić information content (AvgIpc) is 2.75. The van der Waals surface area contributed by atoms with Crippen LogP contribution in [0.4, 0.5) is 18.9 Å². The highest BCUT2D eigenvalue weighted by atomic mass is 19.2. The number of para-hydroxylation sites is 1. The first-order chi connectivity index (χ1) is 14.5. The van der Waals surface area contributed by atoms with Crippen LogP contribution < -0.4 is 20.7 Å². The van der Waals surface area contributed by atoms with Gasteiger partial charge in [0, 0.05) is 12.1 Å². The summed E-state index contributed by atoms with van der Waals surface area (Å²) in [5.74, 6) is -4.07. The molecule has 1 amide bonds. The highest BCUT2D eigenvalue weighted by Gasteiger charge is 2.15. The van der Waals surface area contributed by atoms with Crippen molar-refractivity contribution in [1.82, 2.24) is 10.6 Å². The third-order valence-corrected chi connectivity index (χ3v) is 3.81. The molecule has 0 spiro atoms. The van der Waals surface area contributed by atoms with Gasteiger partial charge in [0.1, 0.15) is 12.4 Å². The average molecular weight is 420 g/mol. The quantitative estimate of drug-likeness (QED) is 0.252. The number of ether oxygens (including phenoxy) is 1. The van der Waals surface area contributed by atoms with Crippen molar-refractivity contribution in [3.8, 4) is 5.75 Å². The third-order valence-electron chi connectivity index (χ3n) is 3.81. The van der Waals surface area contributed by atoms with Crippen molar-refractivity contribution in [3.63, 3.8) is 0 Å². The lowest BCUT2D eigenvalue weighted by Crippen LogP contribution is -2.41. The number of rotatable bonds is 9. The van der Waals surface area contributed by atoms with Crippen LogP contribution >= 0.6 is 0 Å². The molecule has 0 saturated heterocycles. The van der Waals surface area contributed by atoms with E-state index < -0.39 is 29.0 Å². The van der Waals surface area contributed by atoms with E-state index in [0.29, 0.717) is 24.9 Å². The number of hydrogen-bond donors (Lipinski definition) is 3. The molecule has 9 heteroatoms. The Morgan fingerprint density at radius 3 is 2.63 bits per heavy atom. The predicted octanol–water partition coefficient (Wildman–Crippen LogP) is 3.36. The van der Waals surface area contributed by atoms with Gasteiger partial charge in [-0.3, -0.25) is 4.79 Å². The molecule has 0 saturated carbocycles. The largest absolute Gasteiger partial charge is 0.489 e. The Kier molecular flexibility index (Phi) is 8.74. The Bertz CT molecular complexity index is 919. The van der Waals surface area contributed by atoms with Crippen LogP contribution in [0.5, 0.6) is 5.75 Å². The van der Waals surface area contributed by atoms with Gasteiger partial charge < -0.3 is 20.7 Å². The minimum Gasteiger partial charge on any atom is -0.489 e. The van der Waals surface area contributed by atoms with Crippen LogP contribution in [0.3, 0.4) is 0 Å². The fraction of sp³-hybridized carbons (Fsp3) is 0.238. The van der Waals surface area contributed by atoms with Gasteiger partial charge in [-0.2, -0.15) is 0 Å². The zero-order valence-corrected chi connectivity index (χ0v) is 16.5. The lowest BCUT2D eigenvalue weighted by atomic mass is 10.2. The molecule has 2 aromatic carbocycles. The minimum absolute atomic E-state index is 0.265. The van der Waals surface area contributed by atoms with E-state index in [9.17, 15) is 18.0 Å². The molecule has 3 N–H and O–H groups in total. The van der Waals surface area contributed by atoms with Gasteiger partial charge in [0.05, 0.1) is 18.8 Å². The monoisotopic (exact) mass is 420 g/mol. The van der Waals surface area contributed by atoms with Crippen molar-refractivity contribution in [3.05, 3.63) is 72.1 Å². The summed E-state index contributed by atoms with van der Waals surface area (Å²) in [6.45, 7) is 6.39. The SMILES string of the molecule is C=CCOc1ccccc1CN=C(NCC)NCC(=O)Nc1ccc(F)c(F)c1F. The molecule has 0 atom stereocenters. The molecule has 0 aliphatic carbocycles. The van der Waals surface area contributed by atoms with Gasteiger partial charge in [0.2, 0.25) is 5.91 Å². The molecule has 0 radical (unpaired) electrons. The van der Waals surface area contributed by atoms with Crippen LogP contribution in [-0.2, 0) is 11.3 Å². The number of carbonyl (C=O) groups is 1. The molecule has 160 valence electrons. The van der Waals surface area contributed by atoms with Crippen molar-refractivity contribution in [2.45, 2.75) is 13.5 Å². The zero-order chi connectivity index (χ0) is 21.9. The summed E-state index contributed by atoms with van der Waals surface area (Å²) >= 11 is 0. The van der Waals surface area contributed by atoms with Gasteiger partial charge in [-0.1, -0.05) is 30.9 Å². The number of hydrogen-bond acceptors (Lipinski definition) is 3. The molecule has 0 aliphatic rings. The Morgan fingerprint density at radius 1 is 1.13 bits per heavy atom. The summed E-state index contributed by atoms with van der Waals surface area (Å²) in [5.41, 5.74) is 0.390. The van der Waals surface area contributed by atoms with Gasteiger partial charge in [0.25, 0.3) is 0 Å². The fourth-order valence-electron chi connectivity index (χ4n) is 2.41. The number of nitrogens with zero attached hydrogens (tertiary/aromatic N) is 1. The van der Waals surface area contributed by atoms with Crippen LogP contribution in [0.1, 0.15) is 12.5 Å². The van der Waals surface area contributed by atoms with E-state index >= 15 is 0 Å². The second-order valence-corrected chi connectivity index (χ2v) is 6.03. The Balaban J connectivity index is 1.99. The van der Waals surface area contributed by atoms with Gasteiger partial charge in [-0.15, -0.1) is 0 Å². The summed E-state index contributed by atoms with van der Waals surface area (Å²) < 4.78 is 45.5. The minimum atomic E-state index is -1.65. The van der Waals surface area contributed by atoms with E-state index in [-0.39, 0.29) is 13.1 Å². The van der Waals surface area contributed by atoms with Crippen LogP contribution in [0.25, 0.3) is 0 Å². The standard InChI is InChI=1S/C21H23F3N4O2/c1-3-11-30-17-8-6-5-7-14(17)12-26-21(25-4-2)27-13-18(29)28-16-10-9-15(22)19(23)20(16)24/h3,5-10H,1,4,11-13H2,2H3,(H,28,29)(H2,25,26,27). The lowest BCUT2D eigenvalue weighted by molar-refractivity contribution is -0.115. The molecular weight excluding hydrogens is 397 g/mol. The summed E-state index contributed by atoms with van der Waals surface area (Å²) in [7, 11) is 0. The molecule has 30 heavy (non-hydrogen) atoms. The van der Waals surface area contributed by atoms with Crippen molar-refractivity contribution in [2.24, 2.45) is 4.99 Å². The molecule has 0 aliphatic heterocycles. The van der Waals surface area contributed by atoms with Crippen LogP contribution in [-0.4, -0.2) is 31.6 Å². The van der Waals surface area contributed by atoms with Crippen LogP contribution in [0.15, 0.2) is 54.0 Å². The number of carbonyl (C=O) groups excluding carboxylic acids is 1. The molecular formula is C21H23F3N4O2. The van der Waals surface area contributed by atoms with Crippen molar-refractivity contribution < 1.29 is 22.7 Å². The topological polar surface area (TPSA) is 74.8 Å². The van der Waals surface area contributed by atoms with E-state index in [2.05, 4.69) is 27.5 Å². The van der Waals surface area contributed by atoms with Gasteiger partial charge >= 0.3 is 0 Å². The number of aliphatic imine (C=N–C) groups is 1. The normalized spacial score (nSPS) is 11.0. The lowest BCUT2D eigenvalue weighted by Gasteiger charge is -2.13. The van der Waals surface area contributed by atoms with Crippen molar-refractivity contribution in [1.29, 1.82) is 0 Å². The second kappa shape index (κ2) is 11.5. The molecule has 0 unspecified atom stereocenters. The van der Waals surface area contributed by atoms with Crippen LogP contribution in [0, 0.1) is 17.5 Å². The van der Waals surface area contributed by atoms with Crippen molar-refractivity contribution in [2.75, 3.05) is 25.0 Å². The van der Waals surface area contributed by atoms with E-state index in [0.717, 1.165) is 17.7 Å². The smallest absolute Gasteiger partial charge is 0.243 e. The molecule has 0 heterocycles. The predicted molar refractivity (Wildman–Crippen MR) is 110 cm³/mol. The molecule has 0 bridgehead atoms. The maximum absolute atomic E-state index is 13.7. The zero-order valence-electron chi connectivity index (χ0n) is 16.5. The Hall–Kier alpha value is -3.49. The van der Waals surface area contributed by atoms with E-state index in [1.807, 2.05) is 31.2 Å². The third kappa shape index (κ3) is 6.54. The fourth-order valence-corrected chi connectivity index (χ4v) is 2.41. The Labute approximate surface area is 172 Å². The molecule has 6 nitrogen and oxygen atoms in total. The number of nitrogens with one attached hydrogen (secondary N) is 3. The number of benzene rings is 2. The maximum Gasteiger partial charge on any atom is 0.243 e. The highest BCUT2D eigenvalue weighted by Crippen LogP contribution is 2.20. The molecule has 0 aromatic heterocycles. The second-order valence-electron chi connectivity index (χ2n) is 6.03. The first kappa shape index (κ1) is 22.8. The highest BCUT2D eigenvalue weighted by molar-refractivity contribution is 5.95. The summed E-state index contributed by atoms with van der Waals surface area (Å²) in [4.78, 5) is 16.4. The summed E-state index contributed by atoms with van der Waals surface area (Å²) in [5, 5.41) is 7.97. The number of guanidine groups is 1. The van der Waals surface area contributed by atoms with E-state index in [1.54, 1.807) is 6.08 Å². The molecule has 0 fully saturated rings.